The molecule has 32 heavy (non-hydrogen) atoms. The van der Waals surface area contributed by atoms with Crippen LogP contribution in [0.5, 0.6) is 0 Å². The number of hydrogen-bond donors (Lipinski definition) is 0. The predicted octanol–water partition coefficient (Wildman–Crippen LogP) is 2.78. The third-order valence-electron chi connectivity index (χ3n) is 4.83. The van der Waals surface area contributed by atoms with Gasteiger partial charge >= 0.3 is 18.0 Å². The molecule has 0 aromatic heterocycles. The molecule has 0 spiro atoms. The highest BCUT2D eigenvalue weighted by molar-refractivity contribution is 6.07. The minimum Gasteiger partial charge on any atom is -0.466 e. The van der Waals surface area contributed by atoms with E-state index in [-0.39, 0.29) is 30.9 Å². The summed E-state index contributed by atoms with van der Waals surface area (Å²) in [6.45, 7) is 1.92. The maximum absolute atomic E-state index is 13.0. The second-order valence-electron chi connectivity index (χ2n) is 6.95. The number of amides is 2. The molecule has 2 amide bonds. The SMILES string of the molecule is CCOC(=O)CC(=O)N(C[C@H]1CN(c2ccccc2)C(=O)O1)c1ccccc1C(=O)OC. The Morgan fingerprint density at radius 3 is 2.47 bits per heavy atom. The molecule has 9 nitrogen and oxygen atoms in total. The first-order valence-electron chi connectivity index (χ1n) is 10.1. The van der Waals surface area contributed by atoms with E-state index in [4.69, 9.17) is 14.2 Å². The minimum absolute atomic E-state index is 0.0542. The topological polar surface area (TPSA) is 102 Å². The van der Waals surface area contributed by atoms with Gasteiger partial charge < -0.3 is 19.1 Å². The van der Waals surface area contributed by atoms with Crippen molar-refractivity contribution in [2.45, 2.75) is 19.4 Å². The van der Waals surface area contributed by atoms with Gasteiger partial charge in [-0.25, -0.2) is 9.59 Å². The Hall–Kier alpha value is -3.88. The number of esters is 2. The third kappa shape index (κ3) is 5.23. The van der Waals surface area contributed by atoms with Gasteiger partial charge in [0.1, 0.15) is 12.5 Å². The lowest BCUT2D eigenvalue weighted by Crippen LogP contribution is -2.41. The first-order valence-corrected chi connectivity index (χ1v) is 10.1. The van der Waals surface area contributed by atoms with Crippen molar-refractivity contribution in [1.29, 1.82) is 0 Å². The molecule has 1 atom stereocenters. The number of methoxy groups -OCH3 is 1. The van der Waals surface area contributed by atoms with Crippen LogP contribution in [0.4, 0.5) is 16.2 Å². The molecule has 2 aromatic rings. The lowest BCUT2D eigenvalue weighted by molar-refractivity contribution is -0.145. The first kappa shape index (κ1) is 22.8. The van der Waals surface area contributed by atoms with Crippen LogP contribution < -0.4 is 9.80 Å². The summed E-state index contributed by atoms with van der Waals surface area (Å²) in [5.74, 6) is -1.91. The number of rotatable bonds is 8. The fraction of sp³-hybridized carbons (Fsp3) is 0.304. The maximum atomic E-state index is 13.0. The summed E-state index contributed by atoms with van der Waals surface area (Å²) >= 11 is 0. The molecule has 1 aliphatic rings. The molecule has 168 valence electrons. The van der Waals surface area contributed by atoms with Gasteiger partial charge in [0.15, 0.2) is 0 Å². The van der Waals surface area contributed by atoms with Crippen molar-refractivity contribution in [3.05, 3.63) is 60.2 Å². The molecule has 3 rings (SSSR count). The number of para-hydroxylation sites is 2. The summed E-state index contributed by atoms with van der Waals surface area (Å²) in [6.07, 6.45) is -1.74. The zero-order chi connectivity index (χ0) is 23.1. The van der Waals surface area contributed by atoms with Crippen molar-refractivity contribution in [2.75, 3.05) is 36.6 Å². The van der Waals surface area contributed by atoms with Gasteiger partial charge in [-0.15, -0.1) is 0 Å². The number of nitrogens with zero attached hydrogens (tertiary/aromatic N) is 2. The number of cyclic esters (lactones) is 1. The van der Waals surface area contributed by atoms with E-state index in [0.717, 1.165) is 0 Å². The van der Waals surface area contributed by atoms with Crippen molar-refractivity contribution in [2.24, 2.45) is 0 Å². The molecule has 1 aliphatic heterocycles. The Bertz CT molecular complexity index is 993. The summed E-state index contributed by atoms with van der Waals surface area (Å²) in [6, 6.07) is 15.4. The number of hydrogen-bond acceptors (Lipinski definition) is 7. The van der Waals surface area contributed by atoms with E-state index < -0.39 is 36.5 Å². The van der Waals surface area contributed by atoms with Crippen LogP contribution in [0.3, 0.4) is 0 Å². The molecule has 0 unspecified atom stereocenters. The Morgan fingerprint density at radius 1 is 1.09 bits per heavy atom. The van der Waals surface area contributed by atoms with Gasteiger partial charge in [0, 0.05) is 5.69 Å². The Balaban J connectivity index is 1.87. The van der Waals surface area contributed by atoms with Crippen molar-refractivity contribution in [3.8, 4) is 0 Å². The van der Waals surface area contributed by atoms with Crippen LogP contribution in [-0.4, -0.2) is 56.8 Å². The first-order chi connectivity index (χ1) is 15.4. The molecule has 0 saturated carbocycles. The number of ether oxygens (including phenoxy) is 3. The standard InChI is InChI=1S/C23H24N2O7/c1-3-31-21(27)13-20(26)25(19-12-8-7-11-18(19)22(28)30-2)15-17-14-24(23(29)32-17)16-9-5-4-6-10-16/h4-12,17H,3,13-15H2,1-2H3/t17-/m1/s1. The van der Waals surface area contributed by atoms with Crippen molar-refractivity contribution in [1.82, 2.24) is 0 Å². The molecule has 2 aromatic carbocycles. The summed E-state index contributed by atoms with van der Waals surface area (Å²) in [7, 11) is 1.24. The van der Waals surface area contributed by atoms with Gasteiger partial charge in [-0.3, -0.25) is 14.5 Å². The van der Waals surface area contributed by atoms with E-state index in [0.29, 0.717) is 5.69 Å². The molecule has 0 radical (unpaired) electrons. The Morgan fingerprint density at radius 2 is 1.78 bits per heavy atom. The van der Waals surface area contributed by atoms with Crippen molar-refractivity contribution >= 4 is 35.3 Å². The second kappa shape index (κ2) is 10.4. The van der Waals surface area contributed by atoms with Crippen LogP contribution in [0.25, 0.3) is 0 Å². The quantitative estimate of drug-likeness (QED) is 0.353. The van der Waals surface area contributed by atoms with E-state index >= 15 is 0 Å². The predicted molar refractivity (Wildman–Crippen MR) is 115 cm³/mol. The van der Waals surface area contributed by atoms with Gasteiger partial charge in [-0.2, -0.15) is 0 Å². The highest BCUT2D eigenvalue weighted by atomic mass is 16.6. The van der Waals surface area contributed by atoms with Gasteiger partial charge in [-0.1, -0.05) is 30.3 Å². The zero-order valence-electron chi connectivity index (χ0n) is 17.9. The molecule has 0 aliphatic carbocycles. The van der Waals surface area contributed by atoms with Crippen LogP contribution in [0.2, 0.25) is 0 Å². The number of anilines is 2. The molecule has 9 heteroatoms. The summed E-state index contributed by atoms with van der Waals surface area (Å²) in [4.78, 5) is 52.4. The van der Waals surface area contributed by atoms with E-state index in [9.17, 15) is 19.2 Å². The highest BCUT2D eigenvalue weighted by Crippen LogP contribution is 2.26. The summed E-state index contributed by atoms with van der Waals surface area (Å²) in [5.41, 5.74) is 1.07. The number of benzene rings is 2. The largest absolute Gasteiger partial charge is 0.466 e. The Kier molecular flexibility index (Phi) is 7.43. The summed E-state index contributed by atoms with van der Waals surface area (Å²) in [5, 5.41) is 0. The van der Waals surface area contributed by atoms with Crippen LogP contribution in [-0.2, 0) is 23.8 Å². The van der Waals surface area contributed by atoms with Crippen LogP contribution in [0.1, 0.15) is 23.7 Å². The van der Waals surface area contributed by atoms with Gasteiger partial charge in [-0.05, 0) is 31.2 Å². The van der Waals surface area contributed by atoms with Crippen molar-refractivity contribution < 1.29 is 33.4 Å². The molecule has 0 bridgehead atoms. The average Bonchev–Trinajstić information content (AvgIpc) is 3.17. The molecule has 0 N–H and O–H groups in total. The molecule has 1 fully saturated rings. The fourth-order valence-corrected chi connectivity index (χ4v) is 3.40. The minimum atomic E-state index is -0.688. The van der Waals surface area contributed by atoms with E-state index in [1.807, 2.05) is 6.07 Å². The fourth-order valence-electron chi connectivity index (χ4n) is 3.40. The highest BCUT2D eigenvalue weighted by Gasteiger charge is 2.36. The van der Waals surface area contributed by atoms with E-state index in [1.165, 1.54) is 23.0 Å². The smallest absolute Gasteiger partial charge is 0.414 e. The average molecular weight is 440 g/mol. The molecule has 1 heterocycles. The number of carbonyl (C=O) groups is 4. The number of carbonyl (C=O) groups excluding carboxylic acids is 4. The second-order valence-corrected chi connectivity index (χ2v) is 6.95. The van der Waals surface area contributed by atoms with Crippen LogP contribution >= 0.6 is 0 Å². The monoisotopic (exact) mass is 440 g/mol. The van der Waals surface area contributed by atoms with Crippen LogP contribution in [0, 0.1) is 0 Å². The Labute approximate surface area is 185 Å². The lowest BCUT2D eigenvalue weighted by Gasteiger charge is -2.26. The lowest BCUT2D eigenvalue weighted by atomic mass is 10.1. The molecule has 1 saturated heterocycles. The molecular formula is C23H24N2O7. The summed E-state index contributed by atoms with van der Waals surface area (Å²) < 4.78 is 15.2. The van der Waals surface area contributed by atoms with E-state index in [1.54, 1.807) is 49.4 Å². The normalized spacial score (nSPS) is 15.1. The van der Waals surface area contributed by atoms with E-state index in [2.05, 4.69) is 0 Å². The zero-order valence-corrected chi connectivity index (χ0v) is 17.9. The third-order valence-corrected chi connectivity index (χ3v) is 4.83. The molecular weight excluding hydrogens is 416 g/mol. The van der Waals surface area contributed by atoms with Gasteiger partial charge in [0.05, 0.1) is 38.1 Å². The van der Waals surface area contributed by atoms with Gasteiger partial charge in [0.25, 0.3) is 0 Å². The van der Waals surface area contributed by atoms with Crippen LogP contribution in [0.15, 0.2) is 54.6 Å². The van der Waals surface area contributed by atoms with Crippen molar-refractivity contribution in [3.63, 3.8) is 0 Å². The maximum Gasteiger partial charge on any atom is 0.414 e. The van der Waals surface area contributed by atoms with Gasteiger partial charge in [0.2, 0.25) is 5.91 Å².